The summed E-state index contributed by atoms with van der Waals surface area (Å²) in [4.78, 5) is 35.6. The average Bonchev–Trinajstić information content (AvgIpc) is 3.38. The van der Waals surface area contributed by atoms with Crippen LogP contribution in [0.5, 0.6) is 0 Å². The van der Waals surface area contributed by atoms with Crippen molar-refractivity contribution in [1.29, 1.82) is 0 Å². The molecule has 0 bridgehead atoms. The fraction of sp³-hybridized carbons (Fsp3) is 0.683. The molecule has 0 aliphatic heterocycles. The molecule has 0 aliphatic rings. The highest BCUT2D eigenvalue weighted by molar-refractivity contribution is 7.47. The number of phosphoric acid groups is 1. The lowest BCUT2D eigenvalue weighted by Gasteiger charge is -2.19. The van der Waals surface area contributed by atoms with Gasteiger partial charge in [0, 0.05) is 19.4 Å². The number of carbonyl (C=O) groups excluding carboxylic acids is 2. The van der Waals surface area contributed by atoms with Gasteiger partial charge in [0.05, 0.1) is 19.5 Å². The third kappa shape index (κ3) is 57.6. The molecule has 0 aliphatic carbocycles. The van der Waals surface area contributed by atoms with Gasteiger partial charge in [0.25, 0.3) is 0 Å². The quantitative estimate of drug-likeness (QED) is 0.0203. The van der Waals surface area contributed by atoms with E-state index in [1.54, 1.807) is 6.26 Å². The zero-order valence-electron chi connectivity index (χ0n) is 46.8. The van der Waals surface area contributed by atoms with Crippen LogP contribution in [-0.2, 0) is 32.7 Å². The summed E-state index contributed by atoms with van der Waals surface area (Å²) in [7, 11) is -4.49. The molecule has 0 aromatic carbocycles. The van der Waals surface area contributed by atoms with Crippen molar-refractivity contribution in [1.82, 2.24) is 5.32 Å². The average molecular weight is 1040 g/mol. The number of amides is 1. The van der Waals surface area contributed by atoms with E-state index in [1.807, 2.05) is 6.08 Å². The van der Waals surface area contributed by atoms with Crippen LogP contribution < -0.4 is 5.32 Å². The van der Waals surface area contributed by atoms with Crippen LogP contribution >= 0.6 is 7.82 Å². The lowest BCUT2D eigenvalue weighted by atomic mass is 10.0. The van der Waals surface area contributed by atoms with Crippen LogP contribution in [0, 0.1) is 0 Å². The Balaban J connectivity index is 4.59. The molecule has 10 heteroatoms. The number of rotatable bonds is 54. The molecular weight excluding hydrogens is 930 g/mol. The standard InChI is InChI=1S/C63H108NO8P/c1-4-7-10-13-16-19-22-25-28-30-31-33-35-37-40-43-46-49-52-55-63(66)72-61(59-69-57-53-50-47-44-41-38-27-24-21-18-15-12-9-6-3)60-71-73(67,68)70-58-56-64-62(65)54-51-48-45-42-39-36-34-32-29-26-23-20-17-14-11-8-5-2/h16-17,19-20,25-26,28-29,31,33-34,36-37,40,42,45,53,57,61H,4-15,18,21-24,27,30,32,35,38-39,41,43-44,46-52,54-56,58-60H2,1-3H3,(H,64,65)(H,67,68)/b19-16-,20-17-,28-25-,29-26-,33-31-,36-34-,40-37-,45-42-,57-53-/t61-/m1/s1. The Morgan fingerprint density at radius 2 is 0.808 bits per heavy atom. The molecule has 0 heterocycles. The van der Waals surface area contributed by atoms with Crippen LogP contribution in [0.4, 0.5) is 0 Å². The van der Waals surface area contributed by atoms with Crippen molar-refractivity contribution in [2.75, 3.05) is 26.4 Å². The zero-order valence-corrected chi connectivity index (χ0v) is 47.7. The van der Waals surface area contributed by atoms with Gasteiger partial charge in [0.1, 0.15) is 6.61 Å². The summed E-state index contributed by atoms with van der Waals surface area (Å²) in [5.74, 6) is -0.561. The second-order valence-electron chi connectivity index (χ2n) is 19.1. The van der Waals surface area contributed by atoms with E-state index < -0.39 is 19.9 Å². The fourth-order valence-corrected chi connectivity index (χ4v) is 8.38. The topological polar surface area (TPSA) is 120 Å². The highest BCUT2D eigenvalue weighted by Gasteiger charge is 2.25. The number of unbranched alkanes of at least 4 members (excludes halogenated alkanes) is 22. The molecule has 0 spiro atoms. The number of allylic oxidation sites excluding steroid dienone is 17. The van der Waals surface area contributed by atoms with Gasteiger partial charge in [-0.15, -0.1) is 0 Å². The molecule has 0 fully saturated rings. The van der Waals surface area contributed by atoms with Crippen molar-refractivity contribution in [3.8, 4) is 0 Å². The Kier molecular flexibility index (Phi) is 55.0. The largest absolute Gasteiger partial charge is 0.498 e. The number of hydrogen-bond donors (Lipinski definition) is 2. The fourth-order valence-electron chi connectivity index (χ4n) is 7.63. The van der Waals surface area contributed by atoms with Crippen LogP contribution in [-0.4, -0.2) is 49.2 Å². The summed E-state index contributed by atoms with van der Waals surface area (Å²) < 4.78 is 34.5. The molecule has 0 rings (SSSR count). The lowest BCUT2D eigenvalue weighted by molar-refractivity contribution is -0.153. The number of phosphoric ester groups is 1. The summed E-state index contributed by atoms with van der Waals surface area (Å²) in [5.41, 5.74) is 0. The van der Waals surface area contributed by atoms with Gasteiger partial charge in [-0.05, 0) is 115 Å². The van der Waals surface area contributed by atoms with E-state index >= 15 is 0 Å². The van der Waals surface area contributed by atoms with Crippen LogP contribution in [0.25, 0.3) is 0 Å². The minimum Gasteiger partial charge on any atom is -0.498 e. The van der Waals surface area contributed by atoms with Gasteiger partial charge in [-0.25, -0.2) is 4.57 Å². The van der Waals surface area contributed by atoms with E-state index in [2.05, 4.69) is 123 Å². The van der Waals surface area contributed by atoms with Crippen LogP contribution in [0.2, 0.25) is 0 Å². The summed E-state index contributed by atoms with van der Waals surface area (Å²) in [6.45, 7) is 6.18. The molecule has 2 atom stereocenters. The van der Waals surface area contributed by atoms with Crippen molar-refractivity contribution in [3.63, 3.8) is 0 Å². The molecular formula is C63H108NO8P. The number of nitrogens with one attached hydrogen (secondary N) is 1. The minimum atomic E-state index is -4.49. The molecule has 0 aromatic rings. The highest BCUT2D eigenvalue weighted by atomic mass is 31.2. The third-order valence-corrected chi connectivity index (χ3v) is 13.0. The smallest absolute Gasteiger partial charge is 0.472 e. The van der Waals surface area contributed by atoms with Crippen LogP contribution in [0.3, 0.4) is 0 Å². The van der Waals surface area contributed by atoms with E-state index in [9.17, 15) is 19.0 Å². The summed E-state index contributed by atoms with van der Waals surface area (Å²) in [6.07, 6.45) is 75.6. The molecule has 0 saturated carbocycles. The molecule has 1 unspecified atom stereocenters. The predicted molar refractivity (Wildman–Crippen MR) is 311 cm³/mol. The maximum absolute atomic E-state index is 12.8. The minimum absolute atomic E-state index is 0.0239. The second-order valence-corrected chi connectivity index (χ2v) is 20.6. The second kappa shape index (κ2) is 57.8. The van der Waals surface area contributed by atoms with Crippen LogP contribution in [0.1, 0.15) is 245 Å². The first kappa shape index (κ1) is 69.5. The number of ether oxygens (including phenoxy) is 2. The molecule has 73 heavy (non-hydrogen) atoms. The molecule has 0 aromatic heterocycles. The van der Waals surface area contributed by atoms with Gasteiger partial charge in [-0.1, -0.05) is 221 Å². The predicted octanol–water partition coefficient (Wildman–Crippen LogP) is 18.8. The van der Waals surface area contributed by atoms with Crippen LogP contribution in [0.15, 0.2) is 110 Å². The lowest BCUT2D eigenvalue weighted by Crippen LogP contribution is -2.28. The number of esters is 1. The van der Waals surface area contributed by atoms with Crippen molar-refractivity contribution in [3.05, 3.63) is 110 Å². The molecule has 418 valence electrons. The summed E-state index contributed by atoms with van der Waals surface area (Å²) >= 11 is 0. The van der Waals surface area contributed by atoms with Crippen molar-refractivity contribution in [2.24, 2.45) is 0 Å². The molecule has 2 N–H and O–H groups in total. The third-order valence-electron chi connectivity index (χ3n) is 12.0. The van der Waals surface area contributed by atoms with Gasteiger partial charge >= 0.3 is 13.8 Å². The Morgan fingerprint density at radius 3 is 1.27 bits per heavy atom. The molecule has 1 amide bonds. The first-order valence-electron chi connectivity index (χ1n) is 29.4. The van der Waals surface area contributed by atoms with Gasteiger partial charge in [0.15, 0.2) is 6.10 Å². The van der Waals surface area contributed by atoms with Gasteiger partial charge < -0.3 is 19.7 Å². The first-order chi connectivity index (χ1) is 35.8. The molecule has 0 saturated heterocycles. The SMILES string of the molecule is CCCCC/C=C\C/C=C\C/C=C\C/C=C\CCCCCC(=O)O[C@H](CO/C=C\CCCCCCCCCCCCCC)COP(=O)(O)OCCNC(=O)CCC/C=C\C/C=C\C/C=C\C/C=C\CCCCC. The van der Waals surface area contributed by atoms with Crippen molar-refractivity contribution in [2.45, 2.75) is 252 Å². The van der Waals surface area contributed by atoms with E-state index in [-0.39, 0.29) is 38.7 Å². The Morgan fingerprint density at radius 1 is 0.438 bits per heavy atom. The summed E-state index contributed by atoms with van der Waals surface area (Å²) in [5, 5.41) is 2.73. The monoisotopic (exact) mass is 1040 g/mol. The Hall–Kier alpha value is -3.49. The van der Waals surface area contributed by atoms with Crippen molar-refractivity contribution < 1.29 is 37.6 Å². The van der Waals surface area contributed by atoms with Gasteiger partial charge in [-0.2, -0.15) is 0 Å². The Bertz CT molecular complexity index is 1560. The highest BCUT2D eigenvalue weighted by Crippen LogP contribution is 2.43. The number of hydrogen-bond acceptors (Lipinski definition) is 7. The van der Waals surface area contributed by atoms with E-state index in [0.717, 1.165) is 77.0 Å². The van der Waals surface area contributed by atoms with Gasteiger partial charge in [0.2, 0.25) is 5.91 Å². The first-order valence-corrected chi connectivity index (χ1v) is 30.9. The number of carbonyl (C=O) groups is 2. The Labute approximate surface area is 448 Å². The van der Waals surface area contributed by atoms with E-state index in [1.165, 1.54) is 122 Å². The maximum Gasteiger partial charge on any atom is 0.472 e. The summed E-state index contributed by atoms with van der Waals surface area (Å²) in [6, 6.07) is 0. The van der Waals surface area contributed by atoms with Crippen molar-refractivity contribution >= 4 is 19.7 Å². The van der Waals surface area contributed by atoms with Gasteiger partial charge in [-0.3, -0.25) is 18.6 Å². The maximum atomic E-state index is 12.8. The van der Waals surface area contributed by atoms with E-state index in [0.29, 0.717) is 19.3 Å². The molecule has 9 nitrogen and oxygen atoms in total. The van der Waals surface area contributed by atoms with E-state index in [4.69, 9.17) is 18.5 Å². The zero-order chi connectivity index (χ0) is 53.1. The normalized spacial score (nSPS) is 13.8. The molecule has 0 radical (unpaired) electrons.